The maximum absolute atomic E-state index is 14.2. The summed E-state index contributed by atoms with van der Waals surface area (Å²) in [6.45, 7) is 0. The highest BCUT2D eigenvalue weighted by molar-refractivity contribution is 14.1. The van der Waals surface area contributed by atoms with E-state index in [4.69, 9.17) is 0 Å². The number of nitrogens with zero attached hydrogens (tertiary/aromatic N) is 1. The Balaban J connectivity index is 1.79. The molecule has 0 amide bonds. The van der Waals surface area contributed by atoms with Crippen molar-refractivity contribution >= 4 is 28.4 Å². The van der Waals surface area contributed by atoms with Gasteiger partial charge in [-0.15, -0.1) is 0 Å². The van der Waals surface area contributed by atoms with Gasteiger partial charge in [0.15, 0.2) is 5.78 Å². The van der Waals surface area contributed by atoms with E-state index in [0.717, 1.165) is 16.4 Å². The fraction of sp³-hybridized carbons (Fsp3) is 0.400. The Hall–Kier alpha value is -1.38. The summed E-state index contributed by atoms with van der Waals surface area (Å²) < 4.78 is 15.0. The van der Waals surface area contributed by atoms with Crippen molar-refractivity contribution in [3.05, 3.63) is 62.7 Å². The van der Waals surface area contributed by atoms with E-state index >= 15 is 0 Å². The normalized spacial score (nSPS) is 23.0. The zero-order valence-electron chi connectivity index (χ0n) is 14.2. The Morgan fingerprint density at radius 1 is 1.23 bits per heavy atom. The standard InChI is InChI=1S/C20H21FINO3/c21-17-10-15(22)5-4-12(17)8-14-11-23-7-6-16(14)19(25)9-13-2-1-3-18(24)20(13)26/h4-7,10-11,13,18,20,24,26H,1-3,8-9H2/t13-,18+,20-/m0/s1. The number of ketones is 1. The Morgan fingerprint density at radius 3 is 2.81 bits per heavy atom. The monoisotopic (exact) mass is 469 g/mol. The SMILES string of the molecule is O=C(C[C@@H]1CCC[C@@H](O)[C@H]1O)c1ccncc1Cc1ccc(I)cc1F. The minimum Gasteiger partial charge on any atom is -0.390 e. The minimum atomic E-state index is -0.869. The Morgan fingerprint density at radius 2 is 2.04 bits per heavy atom. The molecule has 1 aliphatic carbocycles. The van der Waals surface area contributed by atoms with Gasteiger partial charge < -0.3 is 10.2 Å². The lowest BCUT2D eigenvalue weighted by Gasteiger charge is -2.31. The molecule has 0 aliphatic heterocycles. The maximum Gasteiger partial charge on any atom is 0.163 e. The van der Waals surface area contributed by atoms with Crippen molar-refractivity contribution in [3.63, 3.8) is 0 Å². The molecule has 6 heteroatoms. The Kier molecular flexibility index (Phi) is 6.37. The van der Waals surface area contributed by atoms with Crippen LogP contribution in [-0.4, -0.2) is 33.2 Å². The molecule has 1 saturated carbocycles. The number of aromatic nitrogens is 1. The van der Waals surface area contributed by atoms with Crippen molar-refractivity contribution in [2.24, 2.45) is 5.92 Å². The van der Waals surface area contributed by atoms with Crippen LogP contribution in [-0.2, 0) is 6.42 Å². The molecule has 1 aromatic heterocycles. The van der Waals surface area contributed by atoms with Crippen LogP contribution in [0.4, 0.5) is 4.39 Å². The molecular formula is C20H21FINO3. The van der Waals surface area contributed by atoms with E-state index in [1.807, 2.05) is 6.07 Å². The molecule has 2 N–H and O–H groups in total. The van der Waals surface area contributed by atoms with Crippen LogP contribution >= 0.6 is 22.6 Å². The molecule has 1 fully saturated rings. The topological polar surface area (TPSA) is 70.4 Å². The van der Waals surface area contributed by atoms with Gasteiger partial charge in [0.05, 0.1) is 12.2 Å². The van der Waals surface area contributed by atoms with Gasteiger partial charge in [-0.3, -0.25) is 9.78 Å². The number of carbonyl (C=O) groups excluding carboxylic acids is 1. The summed E-state index contributed by atoms with van der Waals surface area (Å²) in [6, 6.07) is 6.66. The fourth-order valence-corrected chi connectivity index (χ4v) is 3.98. The van der Waals surface area contributed by atoms with Crippen LogP contribution in [0, 0.1) is 15.3 Å². The van der Waals surface area contributed by atoms with E-state index in [0.29, 0.717) is 23.1 Å². The number of halogens is 2. The van der Waals surface area contributed by atoms with Gasteiger partial charge in [0, 0.05) is 34.4 Å². The fourth-order valence-electron chi connectivity index (χ4n) is 3.53. The number of hydrogen-bond acceptors (Lipinski definition) is 4. The third kappa shape index (κ3) is 4.47. The molecule has 3 atom stereocenters. The Bertz CT molecular complexity index is 798. The van der Waals surface area contributed by atoms with Crippen LogP contribution < -0.4 is 0 Å². The molecule has 1 aliphatic rings. The van der Waals surface area contributed by atoms with Crippen LogP contribution in [0.25, 0.3) is 0 Å². The highest BCUT2D eigenvalue weighted by Crippen LogP contribution is 2.29. The Labute approximate surface area is 165 Å². The molecular weight excluding hydrogens is 448 g/mol. The van der Waals surface area contributed by atoms with Gasteiger partial charge in [-0.2, -0.15) is 0 Å². The van der Waals surface area contributed by atoms with E-state index in [9.17, 15) is 19.4 Å². The van der Waals surface area contributed by atoms with E-state index in [-0.39, 0.29) is 30.4 Å². The molecule has 4 nitrogen and oxygen atoms in total. The van der Waals surface area contributed by atoms with Gasteiger partial charge in [-0.05, 0) is 70.7 Å². The number of carbonyl (C=O) groups is 1. The smallest absolute Gasteiger partial charge is 0.163 e. The van der Waals surface area contributed by atoms with E-state index in [1.165, 1.54) is 6.07 Å². The van der Waals surface area contributed by atoms with E-state index in [1.54, 1.807) is 24.5 Å². The second-order valence-electron chi connectivity index (χ2n) is 6.82. The van der Waals surface area contributed by atoms with Crippen LogP contribution in [0.1, 0.15) is 47.2 Å². The number of aliphatic hydroxyl groups is 2. The van der Waals surface area contributed by atoms with Gasteiger partial charge in [0.2, 0.25) is 0 Å². The van der Waals surface area contributed by atoms with Crippen molar-refractivity contribution in [1.82, 2.24) is 4.98 Å². The van der Waals surface area contributed by atoms with Crippen molar-refractivity contribution in [2.45, 2.75) is 44.3 Å². The second kappa shape index (κ2) is 8.54. The first-order valence-corrected chi connectivity index (χ1v) is 9.79. The van der Waals surface area contributed by atoms with Gasteiger partial charge in [-0.25, -0.2) is 4.39 Å². The van der Waals surface area contributed by atoms with Crippen LogP contribution in [0.3, 0.4) is 0 Å². The number of benzene rings is 1. The minimum absolute atomic E-state index is 0.105. The van der Waals surface area contributed by atoms with Crippen molar-refractivity contribution in [2.75, 3.05) is 0 Å². The average molecular weight is 469 g/mol. The number of aliphatic hydroxyl groups excluding tert-OH is 2. The van der Waals surface area contributed by atoms with Gasteiger partial charge in [-0.1, -0.05) is 12.5 Å². The molecule has 0 saturated heterocycles. The summed E-state index contributed by atoms with van der Waals surface area (Å²) in [5.74, 6) is -0.654. The van der Waals surface area contributed by atoms with Crippen molar-refractivity contribution < 1.29 is 19.4 Å². The molecule has 3 rings (SSSR count). The molecule has 0 bridgehead atoms. The molecule has 1 heterocycles. The lowest BCUT2D eigenvalue weighted by atomic mass is 9.80. The van der Waals surface area contributed by atoms with E-state index < -0.39 is 12.2 Å². The molecule has 0 unspecified atom stereocenters. The maximum atomic E-state index is 14.2. The molecule has 0 radical (unpaired) electrons. The third-order valence-corrected chi connectivity index (χ3v) is 5.67. The second-order valence-corrected chi connectivity index (χ2v) is 8.07. The summed E-state index contributed by atoms with van der Waals surface area (Å²) in [6.07, 6.45) is 4.05. The van der Waals surface area contributed by atoms with Gasteiger partial charge in [0.25, 0.3) is 0 Å². The lowest BCUT2D eigenvalue weighted by molar-refractivity contribution is -0.0445. The third-order valence-electron chi connectivity index (χ3n) is 5.00. The van der Waals surface area contributed by atoms with Gasteiger partial charge >= 0.3 is 0 Å². The summed E-state index contributed by atoms with van der Waals surface area (Å²) in [7, 11) is 0. The van der Waals surface area contributed by atoms with Crippen LogP contribution in [0.15, 0.2) is 36.7 Å². The predicted molar refractivity (Wildman–Crippen MR) is 104 cm³/mol. The van der Waals surface area contributed by atoms with Gasteiger partial charge in [0.1, 0.15) is 5.82 Å². The van der Waals surface area contributed by atoms with E-state index in [2.05, 4.69) is 27.6 Å². The summed E-state index contributed by atoms with van der Waals surface area (Å²) in [4.78, 5) is 16.9. The molecule has 1 aromatic carbocycles. The highest BCUT2D eigenvalue weighted by atomic mass is 127. The highest BCUT2D eigenvalue weighted by Gasteiger charge is 2.32. The lowest BCUT2D eigenvalue weighted by Crippen LogP contribution is -2.38. The molecule has 26 heavy (non-hydrogen) atoms. The zero-order chi connectivity index (χ0) is 18.7. The first-order chi connectivity index (χ1) is 12.5. The quantitative estimate of drug-likeness (QED) is 0.520. The average Bonchev–Trinajstić information content (AvgIpc) is 2.62. The van der Waals surface area contributed by atoms with Crippen LogP contribution in [0.5, 0.6) is 0 Å². The molecule has 2 aromatic rings. The molecule has 0 spiro atoms. The zero-order valence-corrected chi connectivity index (χ0v) is 16.4. The first-order valence-electron chi connectivity index (χ1n) is 8.72. The van der Waals surface area contributed by atoms with Crippen LogP contribution in [0.2, 0.25) is 0 Å². The predicted octanol–water partition coefficient (Wildman–Crippen LogP) is 3.51. The first kappa shape index (κ1) is 19.4. The number of pyridine rings is 1. The summed E-state index contributed by atoms with van der Waals surface area (Å²) >= 11 is 2.05. The number of hydrogen-bond donors (Lipinski definition) is 2. The molecule has 138 valence electrons. The summed E-state index contributed by atoms with van der Waals surface area (Å²) in [5, 5.41) is 20.0. The summed E-state index contributed by atoms with van der Waals surface area (Å²) in [5.41, 5.74) is 1.69. The largest absolute Gasteiger partial charge is 0.390 e. The number of Topliss-reactive ketones (excluding diaryl/α,β-unsaturated/α-hetero) is 1. The van der Waals surface area contributed by atoms with Crippen molar-refractivity contribution in [1.29, 1.82) is 0 Å². The number of rotatable bonds is 5. The van der Waals surface area contributed by atoms with Crippen molar-refractivity contribution in [3.8, 4) is 0 Å².